The van der Waals surface area contributed by atoms with E-state index in [0.717, 1.165) is 11.1 Å². The molecule has 0 saturated carbocycles. The van der Waals surface area contributed by atoms with Gasteiger partial charge in [-0.2, -0.15) is 0 Å². The Morgan fingerprint density at radius 1 is 0.750 bits per heavy atom. The second-order valence-electron chi connectivity index (χ2n) is 7.64. The molecule has 0 spiro atoms. The van der Waals surface area contributed by atoms with Gasteiger partial charge in [-0.05, 0) is 53.7 Å². The molecule has 0 N–H and O–H groups in total. The molecule has 3 rings (SSSR count). The van der Waals surface area contributed by atoms with Gasteiger partial charge in [-0.25, -0.2) is 0 Å². The van der Waals surface area contributed by atoms with Crippen molar-refractivity contribution in [2.75, 3.05) is 21.3 Å². The minimum atomic E-state index is -1.86. The van der Waals surface area contributed by atoms with E-state index in [-0.39, 0.29) is 6.10 Å². The summed E-state index contributed by atoms with van der Waals surface area (Å²) in [5.41, 5.74) is 2.11. The van der Waals surface area contributed by atoms with Crippen LogP contribution in [0.25, 0.3) is 10.8 Å². The Kier molecular flexibility index (Phi) is 5.96. The molecule has 0 saturated heterocycles. The molecular formula is C23H28O4Si. The van der Waals surface area contributed by atoms with Crippen molar-refractivity contribution in [3.63, 3.8) is 0 Å². The van der Waals surface area contributed by atoms with Crippen molar-refractivity contribution in [1.82, 2.24) is 0 Å². The highest BCUT2D eigenvalue weighted by molar-refractivity contribution is 6.69. The van der Waals surface area contributed by atoms with Gasteiger partial charge in [0.05, 0.1) is 27.4 Å². The second kappa shape index (κ2) is 8.25. The van der Waals surface area contributed by atoms with Gasteiger partial charge in [0.2, 0.25) is 5.75 Å². The fourth-order valence-corrected chi connectivity index (χ4v) is 4.37. The van der Waals surface area contributed by atoms with Crippen LogP contribution in [-0.2, 0) is 4.43 Å². The number of ether oxygens (including phenoxy) is 3. The number of hydrogen-bond donors (Lipinski definition) is 0. The first-order valence-electron chi connectivity index (χ1n) is 9.33. The zero-order chi connectivity index (χ0) is 20.3. The first kappa shape index (κ1) is 20.2. The van der Waals surface area contributed by atoms with E-state index in [1.165, 1.54) is 10.8 Å². The highest BCUT2D eigenvalue weighted by atomic mass is 28.4. The minimum Gasteiger partial charge on any atom is -0.493 e. The summed E-state index contributed by atoms with van der Waals surface area (Å²) >= 11 is 0. The normalized spacial score (nSPS) is 12.6. The van der Waals surface area contributed by atoms with Crippen LogP contribution in [0.4, 0.5) is 0 Å². The third-order valence-electron chi connectivity index (χ3n) is 4.57. The van der Waals surface area contributed by atoms with Crippen LogP contribution in [-0.4, -0.2) is 29.6 Å². The molecule has 3 aromatic rings. The van der Waals surface area contributed by atoms with Crippen LogP contribution in [0.2, 0.25) is 19.6 Å². The molecule has 4 nitrogen and oxygen atoms in total. The van der Waals surface area contributed by atoms with Gasteiger partial charge in [-0.3, -0.25) is 0 Å². The fraction of sp³-hybridized carbons (Fsp3) is 0.304. The van der Waals surface area contributed by atoms with Crippen LogP contribution in [0, 0.1) is 0 Å². The molecule has 1 unspecified atom stereocenters. The van der Waals surface area contributed by atoms with Crippen molar-refractivity contribution < 1.29 is 18.6 Å². The molecule has 0 aliphatic carbocycles. The third-order valence-corrected chi connectivity index (χ3v) is 5.51. The van der Waals surface area contributed by atoms with E-state index < -0.39 is 8.32 Å². The standard InChI is InChI=1S/C23H28O4Si/c1-24-20-14-17(15-21(25-2)23(20)26-3)22(27-28(4,5)6)19-13-9-11-16-10-7-8-12-18(16)19/h7-15,22H,1-6H3. The lowest BCUT2D eigenvalue weighted by atomic mass is 9.95. The summed E-state index contributed by atoms with van der Waals surface area (Å²) in [6, 6.07) is 18.7. The van der Waals surface area contributed by atoms with E-state index >= 15 is 0 Å². The average molecular weight is 397 g/mol. The monoisotopic (exact) mass is 396 g/mol. The zero-order valence-corrected chi connectivity index (χ0v) is 18.4. The molecule has 0 bridgehead atoms. The number of benzene rings is 3. The molecule has 0 amide bonds. The molecule has 0 radical (unpaired) electrons. The van der Waals surface area contributed by atoms with E-state index in [0.29, 0.717) is 17.2 Å². The maximum Gasteiger partial charge on any atom is 0.203 e. The average Bonchev–Trinajstić information content (AvgIpc) is 2.69. The zero-order valence-electron chi connectivity index (χ0n) is 17.4. The van der Waals surface area contributed by atoms with E-state index in [2.05, 4.69) is 62.1 Å². The minimum absolute atomic E-state index is 0.230. The molecule has 1 atom stereocenters. The van der Waals surface area contributed by atoms with Crippen LogP contribution in [0.3, 0.4) is 0 Å². The lowest BCUT2D eigenvalue weighted by Gasteiger charge is -2.29. The molecule has 0 fully saturated rings. The van der Waals surface area contributed by atoms with Crippen molar-refractivity contribution >= 4 is 19.1 Å². The van der Waals surface area contributed by atoms with Crippen LogP contribution in [0.15, 0.2) is 54.6 Å². The summed E-state index contributed by atoms with van der Waals surface area (Å²) in [6.45, 7) is 6.59. The first-order valence-corrected chi connectivity index (χ1v) is 12.7. The van der Waals surface area contributed by atoms with E-state index in [1.54, 1.807) is 21.3 Å². The van der Waals surface area contributed by atoms with Gasteiger partial charge in [0.1, 0.15) is 0 Å². The maximum atomic E-state index is 6.68. The van der Waals surface area contributed by atoms with E-state index in [1.807, 2.05) is 12.1 Å². The van der Waals surface area contributed by atoms with Crippen molar-refractivity contribution in [1.29, 1.82) is 0 Å². The van der Waals surface area contributed by atoms with Crippen molar-refractivity contribution in [3.05, 3.63) is 65.7 Å². The number of rotatable bonds is 7. The Morgan fingerprint density at radius 2 is 1.36 bits per heavy atom. The lowest BCUT2D eigenvalue weighted by Crippen LogP contribution is -2.28. The summed E-state index contributed by atoms with van der Waals surface area (Å²) in [5.74, 6) is 1.83. The largest absolute Gasteiger partial charge is 0.493 e. The second-order valence-corrected chi connectivity index (χ2v) is 12.1. The van der Waals surface area contributed by atoms with Gasteiger partial charge < -0.3 is 18.6 Å². The van der Waals surface area contributed by atoms with Gasteiger partial charge in [-0.1, -0.05) is 42.5 Å². The van der Waals surface area contributed by atoms with Gasteiger partial charge in [0.15, 0.2) is 19.8 Å². The van der Waals surface area contributed by atoms with Gasteiger partial charge in [0, 0.05) is 0 Å². The van der Waals surface area contributed by atoms with Gasteiger partial charge >= 0.3 is 0 Å². The fourth-order valence-electron chi connectivity index (χ4n) is 3.40. The molecule has 0 aliphatic rings. The summed E-state index contributed by atoms with van der Waals surface area (Å²) < 4.78 is 23.3. The summed E-state index contributed by atoms with van der Waals surface area (Å²) in [4.78, 5) is 0. The van der Waals surface area contributed by atoms with Crippen LogP contribution in [0.5, 0.6) is 17.2 Å². The van der Waals surface area contributed by atoms with Crippen molar-refractivity contribution in [3.8, 4) is 17.2 Å². The highest BCUT2D eigenvalue weighted by Gasteiger charge is 2.27. The van der Waals surface area contributed by atoms with Gasteiger partial charge in [0.25, 0.3) is 0 Å². The summed E-state index contributed by atoms with van der Waals surface area (Å²) in [7, 11) is 3.01. The predicted molar refractivity (Wildman–Crippen MR) is 116 cm³/mol. The van der Waals surface area contributed by atoms with Gasteiger partial charge in [-0.15, -0.1) is 0 Å². The molecule has 0 heterocycles. The summed E-state index contributed by atoms with van der Waals surface area (Å²) in [6.07, 6.45) is -0.230. The van der Waals surface area contributed by atoms with E-state index in [4.69, 9.17) is 18.6 Å². The summed E-state index contributed by atoms with van der Waals surface area (Å²) in [5, 5.41) is 2.37. The van der Waals surface area contributed by atoms with Crippen molar-refractivity contribution in [2.24, 2.45) is 0 Å². The Labute approximate surface area is 168 Å². The Hall–Kier alpha value is -2.50. The van der Waals surface area contributed by atoms with Crippen LogP contribution >= 0.6 is 0 Å². The maximum absolute atomic E-state index is 6.68. The smallest absolute Gasteiger partial charge is 0.203 e. The van der Waals surface area contributed by atoms with Crippen molar-refractivity contribution in [2.45, 2.75) is 25.7 Å². The molecule has 0 aliphatic heterocycles. The molecule has 3 aromatic carbocycles. The molecule has 5 heteroatoms. The van der Waals surface area contributed by atoms with E-state index in [9.17, 15) is 0 Å². The molecule has 148 valence electrons. The van der Waals surface area contributed by atoms with Crippen LogP contribution < -0.4 is 14.2 Å². The molecule has 0 aromatic heterocycles. The topological polar surface area (TPSA) is 36.9 Å². The molecule has 28 heavy (non-hydrogen) atoms. The van der Waals surface area contributed by atoms with Crippen LogP contribution in [0.1, 0.15) is 17.2 Å². The molecular weight excluding hydrogens is 368 g/mol. The highest BCUT2D eigenvalue weighted by Crippen LogP contribution is 2.43. The third kappa shape index (κ3) is 4.16. The Balaban J connectivity index is 2.24. The quantitative estimate of drug-likeness (QED) is 0.473. The SMILES string of the molecule is COc1cc(C(O[Si](C)(C)C)c2cccc3ccccc23)cc(OC)c1OC. The number of hydrogen-bond acceptors (Lipinski definition) is 4. The lowest BCUT2D eigenvalue weighted by molar-refractivity contribution is 0.239. The Morgan fingerprint density at radius 3 is 1.93 bits per heavy atom. The number of fused-ring (bicyclic) bond motifs is 1. The predicted octanol–water partition coefficient (Wildman–Crippen LogP) is 5.81. The number of methoxy groups -OCH3 is 3. The Bertz CT molecular complexity index is 932. The first-order chi connectivity index (χ1) is 13.4.